The first kappa shape index (κ1) is 12.1. The molecule has 0 bridgehead atoms. The molecule has 0 radical (unpaired) electrons. The Morgan fingerprint density at radius 3 is 2.71 bits per heavy atom. The summed E-state index contributed by atoms with van der Waals surface area (Å²) in [6.07, 6.45) is 0.776. The third-order valence-electron chi connectivity index (χ3n) is 3.37. The molecule has 2 nitrogen and oxygen atoms in total. The van der Waals surface area contributed by atoms with Crippen molar-refractivity contribution in [3.8, 4) is 0 Å². The van der Waals surface area contributed by atoms with Crippen molar-refractivity contribution in [1.29, 1.82) is 0 Å². The maximum Gasteiger partial charge on any atom is 0.265 e. The van der Waals surface area contributed by atoms with Gasteiger partial charge in [0.1, 0.15) is 0 Å². The minimum absolute atomic E-state index is 0.00422. The summed E-state index contributed by atoms with van der Waals surface area (Å²) in [5.41, 5.74) is 6.44. The maximum absolute atomic E-state index is 12.9. The van der Waals surface area contributed by atoms with Gasteiger partial charge in [0, 0.05) is 23.0 Å². The Bertz CT molecular complexity index is 393. The molecular weight excluding hydrogens is 222 g/mol. The van der Waals surface area contributed by atoms with Crippen LogP contribution in [-0.4, -0.2) is 6.04 Å². The fourth-order valence-corrected chi connectivity index (χ4v) is 2.45. The van der Waals surface area contributed by atoms with Gasteiger partial charge >= 0.3 is 0 Å². The lowest BCUT2D eigenvalue weighted by Gasteiger charge is -2.17. The summed E-state index contributed by atoms with van der Waals surface area (Å²) in [4.78, 5) is 0. The molecule has 17 heavy (non-hydrogen) atoms. The predicted octanol–water partition coefficient (Wildman–Crippen LogP) is 3.81. The van der Waals surface area contributed by atoms with Gasteiger partial charge in [0.25, 0.3) is 6.43 Å². The standard InChI is InChI=1S/C13H18F2N2/c1-8-2-4-10(6-8)17-12-5-3-9(16)7-11(12)13(14)15/h3,5,7-8,10,13,17H,2,4,6,16H2,1H3. The number of nitrogen functional groups attached to an aromatic ring is 1. The van der Waals surface area contributed by atoms with E-state index in [1.54, 1.807) is 12.1 Å². The molecule has 2 atom stereocenters. The van der Waals surface area contributed by atoms with E-state index in [0.717, 1.165) is 19.3 Å². The first-order valence-electron chi connectivity index (χ1n) is 6.00. The summed E-state index contributed by atoms with van der Waals surface area (Å²) in [6.45, 7) is 2.19. The highest BCUT2D eigenvalue weighted by atomic mass is 19.3. The SMILES string of the molecule is CC1CCC(Nc2ccc(N)cc2C(F)F)C1. The number of anilines is 2. The summed E-state index contributed by atoms with van der Waals surface area (Å²) in [5.74, 6) is 0.677. The molecule has 3 N–H and O–H groups in total. The van der Waals surface area contributed by atoms with Crippen LogP contribution in [-0.2, 0) is 0 Å². The number of nitrogens with two attached hydrogens (primary N) is 1. The summed E-state index contributed by atoms with van der Waals surface area (Å²) in [6, 6.07) is 4.98. The number of rotatable bonds is 3. The van der Waals surface area contributed by atoms with Crippen LogP contribution in [0.3, 0.4) is 0 Å². The van der Waals surface area contributed by atoms with Crippen molar-refractivity contribution in [2.75, 3.05) is 11.1 Å². The van der Waals surface area contributed by atoms with Gasteiger partial charge in [-0.25, -0.2) is 8.78 Å². The molecule has 2 unspecified atom stereocenters. The van der Waals surface area contributed by atoms with Gasteiger partial charge < -0.3 is 11.1 Å². The molecule has 0 amide bonds. The van der Waals surface area contributed by atoms with Crippen LogP contribution in [0.25, 0.3) is 0 Å². The van der Waals surface area contributed by atoms with E-state index < -0.39 is 6.43 Å². The van der Waals surface area contributed by atoms with Gasteiger partial charge in [-0.1, -0.05) is 6.92 Å². The number of benzene rings is 1. The lowest BCUT2D eigenvalue weighted by atomic mass is 10.1. The smallest absolute Gasteiger partial charge is 0.265 e. The Labute approximate surface area is 100 Å². The molecule has 0 saturated heterocycles. The van der Waals surface area contributed by atoms with E-state index in [0.29, 0.717) is 23.3 Å². The zero-order valence-electron chi connectivity index (χ0n) is 9.92. The van der Waals surface area contributed by atoms with Gasteiger partial charge in [-0.3, -0.25) is 0 Å². The van der Waals surface area contributed by atoms with Crippen molar-refractivity contribution >= 4 is 11.4 Å². The van der Waals surface area contributed by atoms with E-state index in [4.69, 9.17) is 5.73 Å². The minimum Gasteiger partial charge on any atom is -0.399 e. The molecule has 1 fully saturated rings. The van der Waals surface area contributed by atoms with E-state index in [2.05, 4.69) is 12.2 Å². The molecule has 0 spiro atoms. The van der Waals surface area contributed by atoms with Gasteiger partial charge in [-0.2, -0.15) is 0 Å². The van der Waals surface area contributed by atoms with Crippen LogP contribution in [0.2, 0.25) is 0 Å². The predicted molar refractivity (Wildman–Crippen MR) is 66.2 cm³/mol. The summed E-state index contributed by atoms with van der Waals surface area (Å²) < 4.78 is 25.7. The summed E-state index contributed by atoms with van der Waals surface area (Å²) in [5, 5.41) is 3.21. The van der Waals surface area contributed by atoms with E-state index in [1.165, 1.54) is 6.07 Å². The number of alkyl halides is 2. The number of hydrogen-bond donors (Lipinski definition) is 2. The van der Waals surface area contributed by atoms with E-state index in [1.807, 2.05) is 0 Å². The molecule has 4 heteroatoms. The molecule has 1 aliphatic rings. The zero-order valence-corrected chi connectivity index (χ0v) is 9.92. The average Bonchev–Trinajstić information content (AvgIpc) is 2.66. The first-order valence-corrected chi connectivity index (χ1v) is 6.00. The molecule has 0 aliphatic heterocycles. The monoisotopic (exact) mass is 240 g/mol. The molecule has 2 rings (SSSR count). The van der Waals surface area contributed by atoms with Crippen molar-refractivity contribution in [3.05, 3.63) is 23.8 Å². The van der Waals surface area contributed by atoms with Crippen molar-refractivity contribution in [2.24, 2.45) is 5.92 Å². The Morgan fingerprint density at radius 2 is 2.12 bits per heavy atom. The van der Waals surface area contributed by atoms with Crippen molar-refractivity contribution < 1.29 is 8.78 Å². The Morgan fingerprint density at radius 1 is 1.35 bits per heavy atom. The zero-order chi connectivity index (χ0) is 12.4. The highest BCUT2D eigenvalue weighted by Crippen LogP contribution is 2.33. The van der Waals surface area contributed by atoms with E-state index >= 15 is 0 Å². The Kier molecular flexibility index (Phi) is 3.50. The number of nitrogens with one attached hydrogen (secondary N) is 1. The first-order chi connectivity index (χ1) is 8.06. The largest absolute Gasteiger partial charge is 0.399 e. The summed E-state index contributed by atoms with van der Waals surface area (Å²) in [7, 11) is 0. The number of halogens is 2. The van der Waals surface area contributed by atoms with Gasteiger partial charge in [-0.15, -0.1) is 0 Å². The second-order valence-electron chi connectivity index (χ2n) is 4.91. The van der Waals surface area contributed by atoms with Crippen LogP contribution in [0, 0.1) is 5.92 Å². The highest BCUT2D eigenvalue weighted by molar-refractivity contribution is 5.59. The fourth-order valence-electron chi connectivity index (χ4n) is 2.45. The molecule has 1 aromatic rings. The second-order valence-corrected chi connectivity index (χ2v) is 4.91. The van der Waals surface area contributed by atoms with Crippen LogP contribution in [0.4, 0.5) is 20.2 Å². The molecular formula is C13H18F2N2. The molecule has 0 heterocycles. The van der Waals surface area contributed by atoms with E-state index in [-0.39, 0.29) is 5.56 Å². The van der Waals surface area contributed by atoms with Crippen LogP contribution < -0.4 is 11.1 Å². The quantitative estimate of drug-likeness (QED) is 0.788. The normalized spacial score (nSPS) is 24.2. The second kappa shape index (κ2) is 4.90. The molecule has 1 saturated carbocycles. The number of hydrogen-bond acceptors (Lipinski definition) is 2. The van der Waals surface area contributed by atoms with Crippen molar-refractivity contribution in [1.82, 2.24) is 0 Å². The lowest BCUT2D eigenvalue weighted by Crippen LogP contribution is -2.16. The molecule has 0 aromatic heterocycles. The molecule has 1 aromatic carbocycles. The van der Waals surface area contributed by atoms with Crippen molar-refractivity contribution in [2.45, 2.75) is 38.7 Å². The van der Waals surface area contributed by atoms with Gasteiger partial charge in [0.15, 0.2) is 0 Å². The fraction of sp³-hybridized carbons (Fsp3) is 0.538. The molecule has 94 valence electrons. The third kappa shape index (κ3) is 2.87. The van der Waals surface area contributed by atoms with Crippen LogP contribution >= 0.6 is 0 Å². The maximum atomic E-state index is 12.9. The van der Waals surface area contributed by atoms with Crippen LogP contribution in [0.5, 0.6) is 0 Å². The highest BCUT2D eigenvalue weighted by Gasteiger charge is 2.23. The van der Waals surface area contributed by atoms with Gasteiger partial charge in [0.05, 0.1) is 0 Å². The van der Waals surface area contributed by atoms with Crippen LogP contribution in [0.1, 0.15) is 38.2 Å². The minimum atomic E-state index is -2.49. The topological polar surface area (TPSA) is 38.0 Å². The van der Waals surface area contributed by atoms with E-state index in [9.17, 15) is 8.78 Å². The average molecular weight is 240 g/mol. The molecule has 1 aliphatic carbocycles. The summed E-state index contributed by atoms with van der Waals surface area (Å²) >= 11 is 0. The van der Waals surface area contributed by atoms with Gasteiger partial charge in [-0.05, 0) is 43.4 Å². The Hall–Kier alpha value is -1.32. The van der Waals surface area contributed by atoms with Crippen LogP contribution in [0.15, 0.2) is 18.2 Å². The van der Waals surface area contributed by atoms with Gasteiger partial charge in [0.2, 0.25) is 0 Å². The Balaban J connectivity index is 2.14. The lowest BCUT2D eigenvalue weighted by molar-refractivity contribution is 0.152. The third-order valence-corrected chi connectivity index (χ3v) is 3.37. The van der Waals surface area contributed by atoms with Crippen molar-refractivity contribution in [3.63, 3.8) is 0 Å².